The minimum atomic E-state index is -3.63. The maximum Gasteiger partial charge on any atom is 0.282 e. The molecule has 0 spiro atoms. The molecule has 0 saturated heterocycles. The Morgan fingerprint density at radius 3 is 2.67 bits per heavy atom. The number of hydrogen-bond acceptors (Lipinski definition) is 6. The summed E-state index contributed by atoms with van der Waals surface area (Å²) in [5, 5.41) is 19.4. The fraction of sp³-hybridized carbons (Fsp3) is 0.222. The molecular weight excluding hydrogens is 300 g/mol. The molecule has 0 aromatic heterocycles. The number of thioether (sulfide) groups is 1. The average Bonchev–Trinajstić information content (AvgIpc) is 2.26. The summed E-state index contributed by atoms with van der Waals surface area (Å²) in [6.45, 7) is 0. The molecule has 0 amide bonds. The van der Waals surface area contributed by atoms with Crippen molar-refractivity contribution in [3.8, 4) is 6.07 Å². The van der Waals surface area contributed by atoms with Gasteiger partial charge in [-0.25, -0.2) is 8.42 Å². The van der Waals surface area contributed by atoms with Gasteiger partial charge in [0, 0.05) is 22.5 Å². The Bertz CT molecular complexity index is 609. The van der Waals surface area contributed by atoms with Crippen molar-refractivity contribution < 1.29 is 13.3 Å². The molecule has 0 aliphatic heterocycles. The molecule has 1 aromatic rings. The van der Waals surface area contributed by atoms with Gasteiger partial charge in [0.2, 0.25) is 9.05 Å². The summed E-state index contributed by atoms with van der Waals surface area (Å²) in [7, 11) is 1.41. The topological polar surface area (TPSA) is 101 Å². The van der Waals surface area contributed by atoms with E-state index in [4.69, 9.17) is 15.9 Å². The monoisotopic (exact) mass is 306 g/mol. The summed E-state index contributed by atoms with van der Waals surface area (Å²) in [6, 6.07) is 5.76. The van der Waals surface area contributed by atoms with E-state index in [1.165, 1.54) is 18.2 Å². The molecule has 0 N–H and O–H groups in total. The van der Waals surface area contributed by atoms with Crippen LogP contribution in [0.15, 0.2) is 23.1 Å². The highest BCUT2D eigenvalue weighted by Crippen LogP contribution is 2.30. The Labute approximate surface area is 112 Å². The average molecular weight is 307 g/mol. The van der Waals surface area contributed by atoms with Crippen LogP contribution in [0.5, 0.6) is 0 Å². The lowest BCUT2D eigenvalue weighted by Gasteiger charge is -2.02. The van der Waals surface area contributed by atoms with Crippen LogP contribution in [-0.2, 0) is 9.05 Å². The van der Waals surface area contributed by atoms with Crippen molar-refractivity contribution in [2.45, 2.75) is 4.90 Å². The first kappa shape index (κ1) is 14.8. The molecule has 0 heterocycles. The number of nitriles is 1. The number of hydrogen-bond donors (Lipinski definition) is 0. The molecule has 18 heavy (non-hydrogen) atoms. The molecule has 0 aliphatic carbocycles. The van der Waals surface area contributed by atoms with Crippen LogP contribution < -0.4 is 0 Å². The third-order valence-electron chi connectivity index (χ3n) is 1.87. The van der Waals surface area contributed by atoms with Crippen molar-refractivity contribution in [1.29, 1.82) is 5.26 Å². The van der Waals surface area contributed by atoms with E-state index in [1.54, 1.807) is 0 Å². The van der Waals surface area contributed by atoms with Gasteiger partial charge in [-0.2, -0.15) is 5.26 Å². The van der Waals surface area contributed by atoms with Gasteiger partial charge in [-0.05, 0) is 12.1 Å². The van der Waals surface area contributed by atoms with E-state index in [0.29, 0.717) is 0 Å². The van der Waals surface area contributed by atoms with E-state index in [9.17, 15) is 18.5 Å². The number of nitro groups is 1. The lowest BCUT2D eigenvalue weighted by atomic mass is 10.2. The largest absolute Gasteiger partial charge is 0.282 e. The van der Waals surface area contributed by atoms with Crippen LogP contribution in [0.2, 0.25) is 0 Å². The fourth-order valence-electron chi connectivity index (χ4n) is 1.10. The number of halogens is 1. The third-order valence-corrected chi connectivity index (χ3v) is 4.33. The van der Waals surface area contributed by atoms with Gasteiger partial charge in [0.05, 0.1) is 27.2 Å². The van der Waals surface area contributed by atoms with Gasteiger partial charge in [0.15, 0.2) is 0 Å². The Morgan fingerprint density at radius 1 is 1.50 bits per heavy atom. The van der Waals surface area contributed by atoms with Crippen LogP contribution in [0, 0.1) is 21.4 Å². The molecule has 0 aliphatic rings. The van der Waals surface area contributed by atoms with E-state index in [0.717, 1.165) is 11.8 Å². The van der Waals surface area contributed by atoms with Crippen LogP contribution in [0.4, 0.5) is 5.69 Å². The minimum absolute atomic E-state index is 0.0849. The first-order chi connectivity index (χ1) is 8.33. The quantitative estimate of drug-likeness (QED) is 0.357. The number of nitro benzene ring substituents is 1. The zero-order chi connectivity index (χ0) is 13.8. The van der Waals surface area contributed by atoms with Crippen LogP contribution >= 0.6 is 22.4 Å². The zero-order valence-corrected chi connectivity index (χ0v) is 11.3. The van der Waals surface area contributed by atoms with E-state index < -0.39 is 14.0 Å². The lowest BCUT2D eigenvalue weighted by molar-refractivity contribution is -0.387. The highest BCUT2D eigenvalue weighted by Gasteiger charge is 2.15. The van der Waals surface area contributed by atoms with E-state index >= 15 is 0 Å². The Hall–Kier alpha value is -1.30. The zero-order valence-electron chi connectivity index (χ0n) is 8.87. The molecular formula is C9H7ClN2O4S2. The van der Waals surface area contributed by atoms with Crippen molar-refractivity contribution in [2.24, 2.45) is 0 Å². The summed E-state index contributed by atoms with van der Waals surface area (Å²) < 4.78 is 21.5. The molecule has 9 heteroatoms. The van der Waals surface area contributed by atoms with Gasteiger partial charge < -0.3 is 0 Å². The van der Waals surface area contributed by atoms with Gasteiger partial charge in [-0.3, -0.25) is 10.1 Å². The van der Waals surface area contributed by atoms with Gasteiger partial charge in [-0.15, -0.1) is 11.8 Å². The SMILES string of the molecule is N#Cc1ccc([N+](=O)[O-])c(SCCS(=O)(=O)Cl)c1. The van der Waals surface area contributed by atoms with Crippen molar-refractivity contribution >= 4 is 37.2 Å². The van der Waals surface area contributed by atoms with Crippen molar-refractivity contribution in [2.75, 3.05) is 11.5 Å². The minimum Gasteiger partial charge on any atom is -0.258 e. The van der Waals surface area contributed by atoms with Gasteiger partial charge in [-0.1, -0.05) is 0 Å². The summed E-state index contributed by atoms with van der Waals surface area (Å²) in [5.41, 5.74) is 0.114. The second-order valence-corrected chi connectivity index (χ2v) is 7.18. The van der Waals surface area contributed by atoms with Crippen molar-refractivity contribution in [3.63, 3.8) is 0 Å². The van der Waals surface area contributed by atoms with Crippen molar-refractivity contribution in [1.82, 2.24) is 0 Å². The molecule has 0 radical (unpaired) electrons. The predicted molar refractivity (Wildman–Crippen MR) is 68.2 cm³/mol. The molecule has 0 unspecified atom stereocenters. The van der Waals surface area contributed by atoms with E-state index in [1.807, 2.05) is 6.07 Å². The van der Waals surface area contributed by atoms with Crippen LogP contribution in [0.25, 0.3) is 0 Å². The number of nitrogens with zero attached hydrogens (tertiary/aromatic N) is 2. The van der Waals surface area contributed by atoms with Gasteiger partial charge >= 0.3 is 0 Å². The third kappa shape index (κ3) is 4.52. The maximum atomic E-state index is 10.7. The molecule has 1 rings (SSSR count). The molecule has 1 aromatic carbocycles. The maximum absolute atomic E-state index is 10.7. The number of rotatable bonds is 5. The number of benzene rings is 1. The Balaban J connectivity index is 2.92. The van der Waals surface area contributed by atoms with Crippen LogP contribution in [0.3, 0.4) is 0 Å². The highest BCUT2D eigenvalue weighted by molar-refractivity contribution is 8.14. The molecule has 96 valence electrons. The highest BCUT2D eigenvalue weighted by atomic mass is 35.7. The van der Waals surface area contributed by atoms with Crippen LogP contribution in [0.1, 0.15) is 5.56 Å². The molecule has 0 saturated carbocycles. The van der Waals surface area contributed by atoms with Gasteiger partial charge in [0.1, 0.15) is 0 Å². The molecule has 0 atom stereocenters. The van der Waals surface area contributed by atoms with Crippen LogP contribution in [-0.4, -0.2) is 24.8 Å². The second kappa shape index (κ2) is 6.04. The standard InChI is InChI=1S/C9H7ClN2O4S2/c10-18(15,16)4-3-17-9-5-7(6-11)1-2-8(9)12(13)14/h1-2,5H,3-4H2. The summed E-state index contributed by atoms with van der Waals surface area (Å²) in [4.78, 5) is 10.4. The first-order valence-electron chi connectivity index (χ1n) is 4.57. The van der Waals surface area contributed by atoms with E-state index in [-0.39, 0.29) is 27.7 Å². The predicted octanol–water partition coefficient (Wildman–Crippen LogP) is 2.13. The second-order valence-electron chi connectivity index (χ2n) is 3.14. The summed E-state index contributed by atoms with van der Waals surface area (Å²) >= 11 is 0.975. The molecule has 6 nitrogen and oxygen atoms in total. The van der Waals surface area contributed by atoms with E-state index in [2.05, 4.69) is 0 Å². The lowest BCUT2D eigenvalue weighted by Crippen LogP contribution is -2.00. The molecule has 0 bridgehead atoms. The molecule has 0 fully saturated rings. The first-order valence-corrected chi connectivity index (χ1v) is 8.03. The fourth-order valence-corrected chi connectivity index (χ4v) is 3.52. The Kier molecular flexibility index (Phi) is 4.95. The summed E-state index contributed by atoms with van der Waals surface area (Å²) in [5.74, 6) is -0.214. The normalized spacial score (nSPS) is 10.9. The Morgan fingerprint density at radius 2 is 2.17 bits per heavy atom. The van der Waals surface area contributed by atoms with Gasteiger partial charge in [0.25, 0.3) is 5.69 Å². The van der Waals surface area contributed by atoms with Crippen molar-refractivity contribution in [3.05, 3.63) is 33.9 Å². The smallest absolute Gasteiger partial charge is 0.258 e. The summed E-state index contributed by atoms with van der Waals surface area (Å²) in [6.07, 6.45) is 0.